The number of rotatable bonds is 1. The molecule has 0 aromatic heterocycles. The molecule has 1 aliphatic rings. The topological polar surface area (TPSA) is 66.8 Å². The highest BCUT2D eigenvalue weighted by atomic mass is 32.2. The lowest BCUT2D eigenvalue weighted by atomic mass is 10.2. The number of benzene rings is 1. The molecule has 0 atom stereocenters. The van der Waals surface area contributed by atoms with Crippen LogP contribution in [0.3, 0.4) is 0 Å². The summed E-state index contributed by atoms with van der Waals surface area (Å²) in [5.74, 6) is -1.11. The molecule has 1 N–H and O–H groups in total. The number of hydrogen-bond donors (Lipinski definition) is 1. The summed E-state index contributed by atoms with van der Waals surface area (Å²) in [4.78, 5) is 24.6. The minimum absolute atomic E-state index is 0.177. The van der Waals surface area contributed by atoms with E-state index in [1.807, 2.05) is 6.07 Å². The van der Waals surface area contributed by atoms with E-state index in [-0.39, 0.29) is 13.6 Å². The minimum atomic E-state index is -1.44. The van der Waals surface area contributed by atoms with Crippen LogP contribution in [-0.2, 0) is 16.1 Å². The number of carbonyl (C=O) groups is 2. The lowest BCUT2D eigenvalue weighted by Gasteiger charge is -2.18. The van der Waals surface area contributed by atoms with Crippen LogP contribution in [0.25, 0.3) is 0 Å². The van der Waals surface area contributed by atoms with Gasteiger partial charge in [-0.1, -0.05) is 0 Å². The van der Waals surface area contributed by atoms with Crippen LogP contribution in [0.5, 0.6) is 5.75 Å². The largest absolute Gasteiger partial charge is 0.497 e. The molecule has 0 fully saturated rings. The van der Waals surface area contributed by atoms with Crippen LogP contribution < -0.4 is 4.74 Å². The van der Waals surface area contributed by atoms with Gasteiger partial charge in [0.1, 0.15) is 5.75 Å². The van der Waals surface area contributed by atoms with E-state index < -0.39 is 11.9 Å². The van der Waals surface area contributed by atoms with E-state index in [2.05, 4.69) is 0 Å². The number of fused-ring (bicyclic) bond motifs is 1. The van der Waals surface area contributed by atoms with Crippen LogP contribution in [0.4, 0.5) is 0 Å². The summed E-state index contributed by atoms with van der Waals surface area (Å²) >= 11 is 1.58. The molecule has 5 nitrogen and oxygen atoms in total. The summed E-state index contributed by atoms with van der Waals surface area (Å²) in [5.41, 5.74) is 0.850. The smallest absolute Gasteiger partial charge is 0.394 e. The first-order valence-corrected chi connectivity index (χ1v) is 6.30. The fourth-order valence-corrected chi connectivity index (χ4v) is 2.77. The van der Waals surface area contributed by atoms with Crippen molar-refractivity contribution in [2.75, 3.05) is 19.4 Å². The molecule has 0 spiro atoms. The number of carboxylic acid groups (broad SMARTS) is 1. The summed E-state index contributed by atoms with van der Waals surface area (Å²) in [7, 11) is -0.177. The second-order valence-electron chi connectivity index (χ2n) is 3.79. The molecule has 0 bridgehead atoms. The number of carboxylic acids is 1. The van der Waals surface area contributed by atoms with Gasteiger partial charge in [-0.15, -0.1) is 11.8 Å². The minimum Gasteiger partial charge on any atom is -0.497 e. The van der Waals surface area contributed by atoms with Gasteiger partial charge in [0, 0.05) is 23.7 Å². The van der Waals surface area contributed by atoms with Gasteiger partial charge in [-0.3, -0.25) is 4.79 Å². The molecule has 0 unspecified atom stereocenters. The van der Waals surface area contributed by atoms with E-state index in [4.69, 9.17) is 11.2 Å². The third kappa shape index (κ3) is 2.59. The molecule has 1 aromatic carbocycles. The van der Waals surface area contributed by atoms with Crippen LogP contribution in [-0.4, -0.2) is 41.3 Å². The highest BCUT2D eigenvalue weighted by Crippen LogP contribution is 2.30. The lowest BCUT2D eigenvalue weighted by molar-refractivity contribution is -0.156. The standard InChI is InChI=1S/C12H13NO4S/c1-17-9-2-3-10-8(6-9)7-13(4-5-18-10)11(14)12(15)16/h2-3,6H,4-5,7H2,1H3,(H,15,16)/i1T. The normalized spacial score (nSPS) is 15.3. The summed E-state index contributed by atoms with van der Waals surface area (Å²) in [6.07, 6.45) is 0. The number of thioether (sulfide) groups is 1. The Morgan fingerprint density at radius 1 is 1.56 bits per heavy atom. The van der Waals surface area contributed by atoms with Crippen molar-refractivity contribution in [2.24, 2.45) is 0 Å². The molecule has 0 radical (unpaired) electrons. The van der Waals surface area contributed by atoms with Crippen LogP contribution in [0.1, 0.15) is 6.93 Å². The number of amides is 1. The van der Waals surface area contributed by atoms with E-state index in [1.165, 1.54) is 4.90 Å². The number of aliphatic carboxylic acids is 1. The Hall–Kier alpha value is -1.69. The van der Waals surface area contributed by atoms with E-state index in [0.29, 0.717) is 18.0 Å². The molecular weight excluding hydrogens is 254 g/mol. The number of hydrogen-bond acceptors (Lipinski definition) is 4. The predicted molar refractivity (Wildman–Crippen MR) is 66.8 cm³/mol. The van der Waals surface area contributed by atoms with Crippen LogP contribution in [0.15, 0.2) is 23.1 Å². The maximum Gasteiger partial charge on any atom is 0.394 e. The van der Waals surface area contributed by atoms with Crippen molar-refractivity contribution >= 4 is 23.6 Å². The summed E-state index contributed by atoms with van der Waals surface area (Å²) in [6.45, 7) is 0.655. The van der Waals surface area contributed by atoms with E-state index in [1.54, 1.807) is 23.9 Å². The van der Waals surface area contributed by atoms with E-state index in [9.17, 15) is 9.59 Å². The van der Waals surface area contributed by atoms with Gasteiger partial charge in [0.25, 0.3) is 0 Å². The second-order valence-corrected chi connectivity index (χ2v) is 4.93. The lowest BCUT2D eigenvalue weighted by Crippen LogP contribution is -2.36. The Morgan fingerprint density at radius 3 is 3.11 bits per heavy atom. The molecule has 0 saturated carbocycles. The van der Waals surface area contributed by atoms with Gasteiger partial charge in [0.15, 0.2) is 0 Å². The molecule has 0 aliphatic carbocycles. The number of carbonyl (C=O) groups excluding carboxylic acids is 1. The SMILES string of the molecule is [3H]COc1ccc2c(c1)CN(C(=O)C(=O)O)CCS2. The van der Waals surface area contributed by atoms with E-state index in [0.717, 1.165) is 10.5 Å². The fraction of sp³-hybridized carbons (Fsp3) is 0.333. The first-order chi connectivity index (χ1) is 9.11. The molecule has 0 saturated heterocycles. The van der Waals surface area contributed by atoms with Gasteiger partial charge in [0.05, 0.1) is 8.46 Å². The Morgan fingerprint density at radius 2 is 2.39 bits per heavy atom. The predicted octanol–water partition coefficient (Wildman–Crippen LogP) is 1.21. The zero-order valence-electron chi connectivity index (χ0n) is 10.6. The average Bonchev–Trinajstić information content (AvgIpc) is 2.59. The highest BCUT2D eigenvalue weighted by Gasteiger charge is 2.24. The highest BCUT2D eigenvalue weighted by molar-refractivity contribution is 7.99. The van der Waals surface area contributed by atoms with Crippen molar-refractivity contribution in [3.8, 4) is 5.75 Å². The Bertz CT molecular complexity index is 509. The van der Waals surface area contributed by atoms with Crippen molar-refractivity contribution in [1.82, 2.24) is 4.90 Å². The quantitative estimate of drug-likeness (QED) is 0.776. The Balaban J connectivity index is 2.24. The molecule has 96 valence electrons. The molecule has 2 rings (SSSR count). The number of ether oxygens (including phenoxy) is 1. The second kappa shape index (κ2) is 5.30. The van der Waals surface area contributed by atoms with Gasteiger partial charge < -0.3 is 14.7 Å². The van der Waals surface area contributed by atoms with Crippen molar-refractivity contribution < 1.29 is 20.8 Å². The summed E-state index contributed by atoms with van der Waals surface area (Å²) in [6, 6.07) is 5.40. The molecule has 1 aromatic rings. The molecule has 18 heavy (non-hydrogen) atoms. The van der Waals surface area contributed by atoms with Crippen molar-refractivity contribution in [3.05, 3.63) is 23.8 Å². The first-order valence-electron chi connectivity index (χ1n) is 6.02. The van der Waals surface area contributed by atoms with E-state index >= 15 is 0 Å². The zero-order valence-corrected chi connectivity index (χ0v) is 10.4. The van der Waals surface area contributed by atoms with Crippen LogP contribution in [0, 0.1) is 0 Å². The number of nitrogens with zero attached hydrogens (tertiary/aromatic N) is 1. The first kappa shape index (κ1) is 11.4. The molecule has 6 heteroatoms. The van der Waals surface area contributed by atoms with Gasteiger partial charge in [-0.25, -0.2) is 4.79 Å². The summed E-state index contributed by atoms with van der Waals surface area (Å²) in [5, 5.41) is 8.77. The Labute approximate surface area is 110 Å². The van der Waals surface area contributed by atoms with Crippen LogP contribution in [0.2, 0.25) is 0 Å². The van der Waals surface area contributed by atoms with Crippen molar-refractivity contribution in [2.45, 2.75) is 11.4 Å². The third-order valence-corrected chi connectivity index (χ3v) is 3.74. The number of methoxy groups -OCH3 is 1. The van der Waals surface area contributed by atoms with Crippen molar-refractivity contribution in [3.63, 3.8) is 0 Å². The maximum atomic E-state index is 11.5. The molecule has 1 heterocycles. The van der Waals surface area contributed by atoms with Gasteiger partial charge in [-0.05, 0) is 23.8 Å². The third-order valence-electron chi connectivity index (χ3n) is 2.65. The van der Waals surface area contributed by atoms with Gasteiger partial charge in [-0.2, -0.15) is 0 Å². The molecule has 1 aliphatic heterocycles. The Kier molecular flexibility index (Phi) is 3.36. The molecule has 1 amide bonds. The fourth-order valence-electron chi connectivity index (χ4n) is 1.77. The monoisotopic (exact) mass is 269 g/mol. The maximum absolute atomic E-state index is 11.5. The van der Waals surface area contributed by atoms with Crippen LogP contribution >= 0.6 is 11.8 Å². The van der Waals surface area contributed by atoms with Gasteiger partial charge >= 0.3 is 11.9 Å². The average molecular weight is 269 g/mol. The zero-order chi connectivity index (χ0) is 13.8. The summed E-state index contributed by atoms with van der Waals surface area (Å²) < 4.78 is 12.1. The molecular formula is C12H13NO4S. The van der Waals surface area contributed by atoms with Gasteiger partial charge in [0.2, 0.25) is 0 Å². The van der Waals surface area contributed by atoms with Crippen molar-refractivity contribution in [1.29, 1.82) is 0 Å².